The second-order valence-corrected chi connectivity index (χ2v) is 9.55. The van der Waals surface area contributed by atoms with Gasteiger partial charge in [0.15, 0.2) is 0 Å². The Labute approximate surface area is 176 Å². The number of hydrogen-bond donors (Lipinski definition) is 2. The Balaban J connectivity index is 1.83. The van der Waals surface area contributed by atoms with Gasteiger partial charge in [-0.05, 0) is 38.5 Å². The fourth-order valence-corrected chi connectivity index (χ4v) is 4.26. The lowest BCUT2D eigenvalue weighted by Gasteiger charge is -2.24. The molecule has 0 radical (unpaired) electrons. The molecule has 0 spiro atoms. The minimum Gasteiger partial charge on any atom is -0.444 e. The first-order valence-electron chi connectivity index (χ1n) is 9.52. The maximum atomic E-state index is 13.0. The number of nitrogens with zero attached hydrogens (tertiary/aromatic N) is 1. The molecule has 158 valence electrons. The quantitative estimate of drug-likeness (QED) is 0.624. The predicted octanol–water partition coefficient (Wildman–Crippen LogP) is 3.78. The van der Waals surface area contributed by atoms with Gasteiger partial charge >= 0.3 is 6.09 Å². The zero-order chi connectivity index (χ0) is 21.8. The standard InChI is InChI=1S/C22H25N3O4S/c1-22(2,3)29-21(26)25-19(16-8-5-4-6-9-16)15-24-30(27,28)20-11-7-10-17-14-23-13-12-18(17)20/h4-14,19,24H,15H2,1-3H3,(H,25,26)/t19-/m1/s1. The van der Waals surface area contributed by atoms with E-state index in [1.165, 1.54) is 0 Å². The number of fused-ring (bicyclic) bond motifs is 1. The number of ether oxygens (including phenoxy) is 1. The van der Waals surface area contributed by atoms with E-state index in [1.54, 1.807) is 57.4 Å². The topological polar surface area (TPSA) is 97.4 Å². The normalized spacial score (nSPS) is 13.0. The molecule has 0 bridgehead atoms. The summed E-state index contributed by atoms with van der Waals surface area (Å²) in [5.74, 6) is 0. The second-order valence-electron chi connectivity index (χ2n) is 7.81. The van der Waals surface area contributed by atoms with Crippen molar-refractivity contribution < 1.29 is 17.9 Å². The summed E-state index contributed by atoms with van der Waals surface area (Å²) >= 11 is 0. The molecule has 0 saturated carbocycles. The van der Waals surface area contributed by atoms with Gasteiger partial charge < -0.3 is 10.1 Å². The van der Waals surface area contributed by atoms with Crippen LogP contribution >= 0.6 is 0 Å². The van der Waals surface area contributed by atoms with E-state index in [2.05, 4.69) is 15.0 Å². The van der Waals surface area contributed by atoms with E-state index in [0.29, 0.717) is 5.39 Å². The van der Waals surface area contributed by atoms with E-state index >= 15 is 0 Å². The van der Waals surface area contributed by atoms with Crippen LogP contribution in [0.4, 0.5) is 4.79 Å². The van der Waals surface area contributed by atoms with Crippen LogP contribution in [-0.2, 0) is 14.8 Å². The van der Waals surface area contributed by atoms with Crippen LogP contribution in [0.1, 0.15) is 32.4 Å². The molecule has 0 unspecified atom stereocenters. The van der Waals surface area contributed by atoms with Crippen LogP contribution in [0.5, 0.6) is 0 Å². The van der Waals surface area contributed by atoms with Crippen molar-refractivity contribution in [2.24, 2.45) is 0 Å². The summed E-state index contributed by atoms with van der Waals surface area (Å²) in [6.45, 7) is 5.26. The number of sulfonamides is 1. The molecule has 30 heavy (non-hydrogen) atoms. The lowest BCUT2D eigenvalue weighted by atomic mass is 10.1. The monoisotopic (exact) mass is 427 g/mol. The highest BCUT2D eigenvalue weighted by Gasteiger charge is 2.23. The molecule has 1 amide bonds. The van der Waals surface area contributed by atoms with Crippen LogP contribution < -0.4 is 10.0 Å². The van der Waals surface area contributed by atoms with Gasteiger partial charge in [-0.3, -0.25) is 4.98 Å². The smallest absolute Gasteiger partial charge is 0.408 e. The number of carbonyl (C=O) groups is 1. The van der Waals surface area contributed by atoms with Crippen molar-refractivity contribution in [3.8, 4) is 0 Å². The fourth-order valence-electron chi connectivity index (χ4n) is 2.99. The fraction of sp³-hybridized carbons (Fsp3) is 0.273. The zero-order valence-corrected chi connectivity index (χ0v) is 17.9. The minimum absolute atomic E-state index is 0.0347. The van der Waals surface area contributed by atoms with E-state index in [4.69, 9.17) is 4.74 Å². The van der Waals surface area contributed by atoms with Crippen molar-refractivity contribution in [2.75, 3.05) is 6.54 Å². The molecule has 0 aliphatic carbocycles. The number of amides is 1. The SMILES string of the molecule is CC(C)(C)OC(=O)N[C@H](CNS(=O)(=O)c1cccc2cnccc12)c1ccccc1. The van der Waals surface area contributed by atoms with Gasteiger partial charge in [0.1, 0.15) is 5.60 Å². The number of hydrogen-bond acceptors (Lipinski definition) is 5. The Hall–Kier alpha value is -2.97. The van der Waals surface area contributed by atoms with Crippen LogP contribution in [0.3, 0.4) is 0 Å². The Morgan fingerprint density at radius 1 is 1.07 bits per heavy atom. The van der Waals surface area contributed by atoms with E-state index in [0.717, 1.165) is 10.9 Å². The van der Waals surface area contributed by atoms with Crippen LogP contribution in [0.25, 0.3) is 10.8 Å². The maximum absolute atomic E-state index is 13.0. The third-order valence-electron chi connectivity index (χ3n) is 4.30. The molecule has 2 aromatic carbocycles. The number of benzene rings is 2. The van der Waals surface area contributed by atoms with Crippen LogP contribution in [0.2, 0.25) is 0 Å². The molecule has 0 saturated heterocycles. The molecule has 1 aromatic heterocycles. The second kappa shape index (κ2) is 8.81. The van der Waals surface area contributed by atoms with Gasteiger partial charge in [-0.15, -0.1) is 0 Å². The van der Waals surface area contributed by atoms with Gasteiger partial charge in [-0.25, -0.2) is 17.9 Å². The first-order valence-corrected chi connectivity index (χ1v) is 11.0. The number of aromatic nitrogens is 1. The number of carbonyl (C=O) groups excluding carboxylic acids is 1. The molecule has 0 fully saturated rings. The highest BCUT2D eigenvalue weighted by atomic mass is 32.2. The summed E-state index contributed by atoms with van der Waals surface area (Å²) < 4.78 is 34.0. The first kappa shape index (κ1) is 21.7. The third-order valence-corrected chi connectivity index (χ3v) is 5.78. The van der Waals surface area contributed by atoms with Crippen LogP contribution in [0.15, 0.2) is 71.9 Å². The van der Waals surface area contributed by atoms with Crippen molar-refractivity contribution in [3.05, 3.63) is 72.6 Å². The van der Waals surface area contributed by atoms with Gasteiger partial charge in [-0.2, -0.15) is 0 Å². The summed E-state index contributed by atoms with van der Waals surface area (Å²) in [5, 5.41) is 4.06. The molecule has 0 aliphatic rings. The lowest BCUT2D eigenvalue weighted by Crippen LogP contribution is -2.40. The molecule has 8 heteroatoms. The Bertz CT molecular complexity index is 1120. The highest BCUT2D eigenvalue weighted by Crippen LogP contribution is 2.22. The average molecular weight is 428 g/mol. The summed E-state index contributed by atoms with van der Waals surface area (Å²) in [6, 6.07) is 15.2. The molecule has 7 nitrogen and oxygen atoms in total. The van der Waals surface area contributed by atoms with Crippen molar-refractivity contribution in [2.45, 2.75) is 37.3 Å². The van der Waals surface area contributed by atoms with E-state index in [9.17, 15) is 13.2 Å². The lowest BCUT2D eigenvalue weighted by molar-refractivity contribution is 0.0504. The van der Waals surface area contributed by atoms with Gasteiger partial charge in [0, 0.05) is 29.7 Å². The molecular weight excluding hydrogens is 402 g/mol. The van der Waals surface area contributed by atoms with Gasteiger partial charge in [-0.1, -0.05) is 42.5 Å². The van der Waals surface area contributed by atoms with E-state index < -0.39 is 27.8 Å². The molecule has 0 aliphatic heterocycles. The number of alkyl carbamates (subject to hydrolysis) is 1. The summed E-state index contributed by atoms with van der Waals surface area (Å²) in [4.78, 5) is 16.5. The van der Waals surface area contributed by atoms with Gasteiger partial charge in [0.05, 0.1) is 10.9 Å². The third kappa shape index (κ3) is 5.55. The van der Waals surface area contributed by atoms with Crippen LogP contribution in [-0.4, -0.2) is 31.6 Å². The van der Waals surface area contributed by atoms with Gasteiger partial charge in [0.25, 0.3) is 0 Å². The number of rotatable bonds is 6. The molecule has 2 N–H and O–H groups in total. The summed E-state index contributed by atoms with van der Waals surface area (Å²) in [5.41, 5.74) is 0.0927. The predicted molar refractivity (Wildman–Crippen MR) is 115 cm³/mol. The van der Waals surface area contributed by atoms with Crippen molar-refractivity contribution in [1.29, 1.82) is 0 Å². The summed E-state index contributed by atoms with van der Waals surface area (Å²) in [7, 11) is -3.83. The zero-order valence-electron chi connectivity index (χ0n) is 17.1. The Morgan fingerprint density at radius 3 is 2.50 bits per heavy atom. The van der Waals surface area contributed by atoms with E-state index in [1.807, 2.05) is 30.3 Å². The number of pyridine rings is 1. The average Bonchev–Trinajstić information content (AvgIpc) is 2.70. The minimum atomic E-state index is -3.83. The molecule has 3 rings (SSSR count). The van der Waals surface area contributed by atoms with Gasteiger partial charge in [0.2, 0.25) is 10.0 Å². The molecular formula is C22H25N3O4S. The van der Waals surface area contributed by atoms with Crippen LogP contribution in [0, 0.1) is 0 Å². The maximum Gasteiger partial charge on any atom is 0.408 e. The summed E-state index contributed by atoms with van der Waals surface area (Å²) in [6.07, 6.45) is 2.55. The van der Waals surface area contributed by atoms with Crippen molar-refractivity contribution in [3.63, 3.8) is 0 Å². The molecule has 3 aromatic rings. The molecule has 1 atom stereocenters. The Morgan fingerprint density at radius 2 is 1.80 bits per heavy atom. The molecule has 1 heterocycles. The van der Waals surface area contributed by atoms with E-state index in [-0.39, 0.29) is 11.4 Å². The van der Waals surface area contributed by atoms with Crippen molar-refractivity contribution in [1.82, 2.24) is 15.0 Å². The largest absolute Gasteiger partial charge is 0.444 e. The first-order chi connectivity index (χ1) is 14.2. The highest BCUT2D eigenvalue weighted by molar-refractivity contribution is 7.89. The number of nitrogens with one attached hydrogen (secondary N) is 2. The van der Waals surface area contributed by atoms with Crippen molar-refractivity contribution >= 4 is 26.9 Å². The Kier molecular flexibility index (Phi) is 6.38.